The number of nitrogens with one attached hydrogen (secondary N) is 1. The van der Waals surface area contributed by atoms with Crippen LogP contribution in [0.5, 0.6) is 0 Å². The van der Waals surface area contributed by atoms with Crippen molar-refractivity contribution in [3.8, 4) is 85.4 Å². The smallest absolute Gasteiger partial charge is 0.164 e. The predicted octanol–water partition coefficient (Wildman–Crippen LogP) is 28.3. The second-order valence-corrected chi connectivity index (χ2v) is 35.6. The van der Waals surface area contributed by atoms with Crippen molar-refractivity contribution in [2.75, 3.05) is 0 Å². The topological polar surface area (TPSA) is 108 Å². The van der Waals surface area contributed by atoms with Crippen LogP contribution in [0, 0.1) is 0 Å². The molecular weight excluding hydrogens is 1490 g/mol. The van der Waals surface area contributed by atoms with E-state index in [-0.39, 0.29) is 21.7 Å². The van der Waals surface area contributed by atoms with Crippen LogP contribution in [0.15, 0.2) is 332 Å². The van der Waals surface area contributed by atoms with Crippen LogP contribution < -0.4 is 0 Å². The first-order valence-corrected chi connectivity index (χ1v) is 41.0. The van der Waals surface area contributed by atoms with Gasteiger partial charge in [-0.1, -0.05) is 293 Å². The third-order valence-corrected chi connectivity index (χ3v) is 23.1. The molecule has 1 N–H and O–H groups in total. The minimum absolute atomic E-state index is 0.0464. The van der Waals surface area contributed by atoms with Gasteiger partial charge in [-0.25, -0.2) is 29.9 Å². The van der Waals surface area contributed by atoms with E-state index in [0.717, 1.165) is 60.3 Å². The zero-order valence-electron chi connectivity index (χ0n) is 68.1. The molecular formula is C106H91BrN10. The van der Waals surface area contributed by atoms with E-state index in [9.17, 15) is 0 Å². The summed E-state index contributed by atoms with van der Waals surface area (Å²) in [6.45, 7) is 27.5. The Kier molecular flexibility index (Phi) is 19.2. The Hall–Kier alpha value is -13.2. The first kappa shape index (κ1) is 75.2. The van der Waals surface area contributed by atoms with Gasteiger partial charge in [0, 0.05) is 109 Å². The van der Waals surface area contributed by atoms with E-state index in [1.54, 1.807) is 0 Å². The Morgan fingerprint density at radius 1 is 0.214 bits per heavy atom. The van der Waals surface area contributed by atoms with Gasteiger partial charge in [-0.05, 0) is 177 Å². The summed E-state index contributed by atoms with van der Waals surface area (Å²) in [5.74, 6) is 3.96. The standard InChI is InChI=1S/C53H45N5.C32H32N2.C21H14BrN3/c1-52(2,3)37-23-28-46-42(31-37)43-32-38(53(4,5)6)24-29-47(43)58(46)40-27-30-48-44(33-40)41-19-13-14-20-45(41)57(48)39-25-21-36(22-26-39)51-55-49(34-15-9-7-10-16-34)54-50(56-51)35-17-11-8-12-18-35;1-31(2,3)20-11-15-29-25(17-20)26-18-21(32(4,5)6)12-16-30(26)34(29)22-13-14-28-24(19-22)23-9-7-8-10-27(23)33-28;22-18-13-11-17(12-14-18)21-24-19(15-7-3-1-4-8-15)23-20(25-21)16-9-5-2-6-10-16/h7-33H,1-6H3;7-19,33H,1-6H3;1-14H. The zero-order valence-corrected chi connectivity index (χ0v) is 69.7. The van der Waals surface area contributed by atoms with Crippen molar-refractivity contribution in [3.05, 3.63) is 354 Å². The molecule has 572 valence electrons. The quantitative estimate of drug-likeness (QED) is 0.154. The number of para-hydroxylation sites is 2. The van der Waals surface area contributed by atoms with Gasteiger partial charge in [-0.15, -0.1) is 0 Å². The fourth-order valence-electron chi connectivity index (χ4n) is 16.1. The summed E-state index contributed by atoms with van der Waals surface area (Å²) in [7, 11) is 0. The zero-order chi connectivity index (χ0) is 80.7. The molecule has 0 aliphatic rings. The maximum atomic E-state index is 4.97. The maximum Gasteiger partial charge on any atom is 0.164 e. The number of halogens is 1. The molecule has 117 heavy (non-hydrogen) atoms. The van der Waals surface area contributed by atoms with Crippen molar-refractivity contribution in [1.82, 2.24) is 48.6 Å². The van der Waals surface area contributed by atoms with Crippen molar-refractivity contribution < 1.29 is 0 Å². The van der Waals surface area contributed by atoms with Gasteiger partial charge in [0.2, 0.25) is 0 Å². The van der Waals surface area contributed by atoms with Crippen LogP contribution in [0.2, 0.25) is 0 Å². The van der Waals surface area contributed by atoms with Gasteiger partial charge in [0.05, 0.1) is 33.1 Å². The molecule has 0 unspecified atom stereocenters. The van der Waals surface area contributed by atoms with Crippen LogP contribution >= 0.6 is 15.9 Å². The van der Waals surface area contributed by atoms with Gasteiger partial charge in [0.1, 0.15) is 0 Å². The lowest BCUT2D eigenvalue weighted by molar-refractivity contribution is 0.590. The molecule has 10 nitrogen and oxygen atoms in total. The Morgan fingerprint density at radius 3 is 0.838 bits per heavy atom. The average molecular weight is 1580 g/mol. The Bertz CT molecular complexity index is 6870. The average Bonchev–Trinajstić information content (AvgIpc) is 1.58. The van der Waals surface area contributed by atoms with E-state index in [0.29, 0.717) is 34.9 Å². The molecule has 6 heterocycles. The van der Waals surface area contributed by atoms with Crippen LogP contribution in [0.3, 0.4) is 0 Å². The van der Waals surface area contributed by atoms with E-state index in [1.807, 2.05) is 146 Å². The fourth-order valence-corrected chi connectivity index (χ4v) is 16.3. The van der Waals surface area contributed by atoms with Crippen molar-refractivity contribution >= 4 is 103 Å². The fraction of sp³-hybridized carbons (Fsp3) is 0.151. The van der Waals surface area contributed by atoms with Crippen molar-refractivity contribution in [1.29, 1.82) is 0 Å². The molecule has 20 rings (SSSR count). The molecule has 0 amide bonds. The van der Waals surface area contributed by atoms with Gasteiger partial charge in [0.15, 0.2) is 34.9 Å². The van der Waals surface area contributed by atoms with Gasteiger partial charge >= 0.3 is 0 Å². The minimum atomic E-state index is 0.0464. The van der Waals surface area contributed by atoms with E-state index >= 15 is 0 Å². The Labute approximate surface area is 691 Å². The number of H-pyrrole nitrogens is 1. The van der Waals surface area contributed by atoms with Crippen LogP contribution in [0.25, 0.3) is 173 Å². The highest BCUT2D eigenvalue weighted by atomic mass is 79.9. The van der Waals surface area contributed by atoms with Crippen LogP contribution in [-0.4, -0.2) is 48.6 Å². The number of hydrogen-bond donors (Lipinski definition) is 1. The SMILES string of the molecule is Brc1ccc(-c2nc(-c3ccccc3)nc(-c3ccccc3)n2)cc1.CC(C)(C)c1ccc2c(c1)c1cc(C(C)(C)C)ccc1n2-c1ccc2[nH]c3ccccc3c2c1.CC(C)(C)c1ccc2c(c1)c1cc(C(C)(C)C)ccc1n2-c1ccc2c(c1)c1ccccc1n2-c1ccc(-c2nc(-c3ccccc3)nc(-c3ccccc3)n2)cc1. The molecule has 14 aromatic carbocycles. The van der Waals surface area contributed by atoms with Crippen molar-refractivity contribution in [2.24, 2.45) is 0 Å². The predicted molar refractivity (Wildman–Crippen MR) is 494 cm³/mol. The second-order valence-electron chi connectivity index (χ2n) is 34.7. The summed E-state index contributed by atoms with van der Waals surface area (Å²) in [6, 6.07) is 116. The lowest BCUT2D eigenvalue weighted by Gasteiger charge is -2.19. The first-order chi connectivity index (χ1) is 56.4. The highest BCUT2D eigenvalue weighted by Crippen LogP contribution is 2.43. The molecule has 0 radical (unpaired) electrons. The van der Waals surface area contributed by atoms with Crippen LogP contribution in [0.1, 0.15) is 105 Å². The monoisotopic (exact) mass is 1580 g/mol. The van der Waals surface area contributed by atoms with E-state index in [1.165, 1.54) is 104 Å². The first-order valence-electron chi connectivity index (χ1n) is 40.3. The molecule has 0 bridgehead atoms. The molecule has 0 saturated carbocycles. The Morgan fingerprint density at radius 2 is 0.470 bits per heavy atom. The number of benzene rings is 14. The van der Waals surface area contributed by atoms with Gasteiger partial charge in [0.25, 0.3) is 0 Å². The molecule has 0 aliphatic heterocycles. The summed E-state index contributed by atoms with van der Waals surface area (Å²) < 4.78 is 8.28. The van der Waals surface area contributed by atoms with E-state index in [2.05, 4.69) is 305 Å². The van der Waals surface area contributed by atoms with Crippen LogP contribution in [0.4, 0.5) is 0 Å². The highest BCUT2D eigenvalue weighted by Gasteiger charge is 2.26. The summed E-state index contributed by atoms with van der Waals surface area (Å²) in [6.07, 6.45) is 0. The molecule has 0 aliphatic carbocycles. The number of aromatic amines is 1. The summed E-state index contributed by atoms with van der Waals surface area (Å²) in [4.78, 5) is 32.5. The summed E-state index contributed by atoms with van der Waals surface area (Å²) in [5.41, 5.74) is 24.5. The second kappa shape index (κ2) is 29.9. The number of hydrogen-bond acceptors (Lipinski definition) is 6. The summed E-state index contributed by atoms with van der Waals surface area (Å²) >= 11 is 3.47. The van der Waals surface area contributed by atoms with E-state index in [4.69, 9.17) is 24.9 Å². The number of rotatable bonds is 9. The molecule has 0 fully saturated rings. The molecule has 20 aromatic rings. The number of fused-ring (bicyclic) bond motifs is 12. The van der Waals surface area contributed by atoms with Crippen molar-refractivity contribution in [2.45, 2.75) is 105 Å². The van der Waals surface area contributed by atoms with Gasteiger partial charge in [-0.2, -0.15) is 0 Å². The van der Waals surface area contributed by atoms with Crippen LogP contribution in [-0.2, 0) is 21.7 Å². The highest BCUT2D eigenvalue weighted by molar-refractivity contribution is 9.10. The third-order valence-electron chi connectivity index (χ3n) is 22.5. The minimum Gasteiger partial charge on any atom is -0.355 e. The lowest BCUT2D eigenvalue weighted by Crippen LogP contribution is -2.10. The third kappa shape index (κ3) is 14.7. The molecule has 0 saturated heterocycles. The molecule has 0 atom stereocenters. The normalized spacial score (nSPS) is 12.1. The largest absolute Gasteiger partial charge is 0.355 e. The molecule has 11 heteroatoms. The Balaban J connectivity index is 0.000000135. The number of nitrogens with zero attached hydrogens (tertiary/aromatic N) is 9. The lowest BCUT2D eigenvalue weighted by atomic mass is 9.85. The summed E-state index contributed by atoms with van der Waals surface area (Å²) in [5, 5.41) is 10.2. The maximum absolute atomic E-state index is 4.97. The van der Waals surface area contributed by atoms with Gasteiger partial charge in [-0.3, -0.25) is 0 Å². The van der Waals surface area contributed by atoms with Crippen molar-refractivity contribution in [3.63, 3.8) is 0 Å². The van der Waals surface area contributed by atoms with E-state index < -0.39 is 0 Å². The van der Waals surface area contributed by atoms with Gasteiger partial charge < -0.3 is 18.7 Å². The molecule has 6 aromatic heterocycles. The number of aromatic nitrogens is 10. The molecule has 0 spiro atoms.